The van der Waals surface area contributed by atoms with E-state index in [9.17, 15) is 33.6 Å². The maximum Gasteiger partial charge on any atom is 0.330 e. The molecular weight excluding hydrogens is 598 g/mol. The quantitative estimate of drug-likeness (QED) is 0.0926. The van der Waals surface area contributed by atoms with E-state index in [4.69, 9.17) is 29.4 Å². The van der Waals surface area contributed by atoms with E-state index in [1.807, 2.05) is 13.8 Å². The molecule has 2 unspecified atom stereocenters. The Morgan fingerprint density at radius 1 is 1.02 bits per heavy atom. The molecule has 5 N–H and O–H groups in total. The van der Waals surface area contributed by atoms with Crippen molar-refractivity contribution in [3.63, 3.8) is 0 Å². The van der Waals surface area contributed by atoms with Crippen LogP contribution in [0.2, 0.25) is 0 Å². The van der Waals surface area contributed by atoms with Gasteiger partial charge >= 0.3 is 29.6 Å². The molecular formula is C28H43N5O12. The van der Waals surface area contributed by atoms with Crippen LogP contribution in [-0.4, -0.2) is 95.5 Å². The van der Waals surface area contributed by atoms with Crippen LogP contribution in [0.25, 0.3) is 0 Å². The van der Waals surface area contributed by atoms with Crippen molar-refractivity contribution in [1.82, 2.24) is 20.2 Å². The van der Waals surface area contributed by atoms with Gasteiger partial charge in [0, 0.05) is 39.6 Å². The fraction of sp³-hybridized carbons (Fsp3) is 0.679. The lowest BCUT2D eigenvalue weighted by molar-refractivity contribution is -0.176. The smallest absolute Gasteiger partial charge is 0.330 e. The molecule has 17 heteroatoms. The summed E-state index contributed by atoms with van der Waals surface area (Å²) in [7, 11) is 0. The summed E-state index contributed by atoms with van der Waals surface area (Å²) >= 11 is 0. The van der Waals surface area contributed by atoms with E-state index in [1.165, 1.54) is 0 Å². The third-order valence-corrected chi connectivity index (χ3v) is 6.53. The summed E-state index contributed by atoms with van der Waals surface area (Å²) in [6.45, 7) is 8.94. The molecule has 1 aromatic heterocycles. The minimum absolute atomic E-state index is 0.0437. The number of carbonyl (C=O) groups excluding carboxylic acids is 5. The number of nitrogens with zero attached hydrogens (tertiary/aromatic N) is 1. The molecule has 1 aromatic rings. The predicted molar refractivity (Wildman–Crippen MR) is 155 cm³/mol. The maximum atomic E-state index is 13.2. The first kappa shape index (κ1) is 37.1. The van der Waals surface area contributed by atoms with Crippen LogP contribution in [-0.2, 0) is 47.7 Å². The molecule has 252 valence electrons. The van der Waals surface area contributed by atoms with Crippen LogP contribution in [0.3, 0.4) is 0 Å². The summed E-state index contributed by atoms with van der Waals surface area (Å²) in [5.74, 6) is -3.47. The number of aromatic nitrogens is 2. The van der Waals surface area contributed by atoms with Gasteiger partial charge < -0.3 is 40.1 Å². The maximum absolute atomic E-state index is 13.2. The number of nitrogens with two attached hydrogens (primary N) is 1. The number of rotatable bonds is 16. The van der Waals surface area contributed by atoms with Crippen molar-refractivity contribution in [3.8, 4) is 0 Å². The number of amides is 1. The fourth-order valence-corrected chi connectivity index (χ4v) is 4.81. The van der Waals surface area contributed by atoms with E-state index in [0.717, 1.165) is 37.6 Å². The van der Waals surface area contributed by atoms with Crippen molar-refractivity contribution in [2.24, 2.45) is 11.7 Å². The lowest BCUT2D eigenvalue weighted by Crippen LogP contribution is -2.57. The van der Waals surface area contributed by atoms with Gasteiger partial charge in [0.25, 0.3) is 5.56 Å². The van der Waals surface area contributed by atoms with Gasteiger partial charge in [-0.25, -0.2) is 4.79 Å². The Morgan fingerprint density at radius 3 is 2.22 bits per heavy atom. The summed E-state index contributed by atoms with van der Waals surface area (Å²) < 4.78 is 28.6. The number of ether oxygens (including phenoxy) is 5. The number of aromatic amines is 1. The molecule has 0 radical (unpaired) electrons. The number of hydrogen-bond acceptors (Lipinski definition) is 14. The Hall–Kier alpha value is -4.09. The van der Waals surface area contributed by atoms with Crippen molar-refractivity contribution >= 4 is 29.8 Å². The van der Waals surface area contributed by atoms with Crippen LogP contribution >= 0.6 is 0 Å². The monoisotopic (exact) mass is 641 g/mol. The third-order valence-electron chi connectivity index (χ3n) is 6.53. The molecule has 0 spiro atoms. The fourth-order valence-electron chi connectivity index (χ4n) is 4.81. The Morgan fingerprint density at radius 2 is 1.67 bits per heavy atom. The summed E-state index contributed by atoms with van der Waals surface area (Å²) in [5, 5.41) is 5.67. The summed E-state index contributed by atoms with van der Waals surface area (Å²) in [6, 6.07) is -1.07. The zero-order chi connectivity index (χ0) is 33.8. The third kappa shape index (κ3) is 11.1. The van der Waals surface area contributed by atoms with Gasteiger partial charge in [-0.05, 0) is 32.2 Å². The number of esters is 4. The van der Waals surface area contributed by atoms with E-state index in [-0.39, 0.29) is 31.5 Å². The van der Waals surface area contributed by atoms with E-state index in [1.54, 1.807) is 6.92 Å². The number of nitrogens with one attached hydrogen (secondary N) is 3. The molecule has 2 rings (SSSR count). The average molecular weight is 642 g/mol. The Kier molecular flexibility index (Phi) is 14.4. The van der Waals surface area contributed by atoms with Crippen LogP contribution in [0.5, 0.6) is 0 Å². The Labute approximate surface area is 259 Å². The molecule has 17 nitrogen and oxygen atoms in total. The first-order valence-corrected chi connectivity index (χ1v) is 14.6. The van der Waals surface area contributed by atoms with Crippen molar-refractivity contribution in [1.29, 1.82) is 0 Å². The molecule has 0 aliphatic carbocycles. The molecule has 1 amide bonds. The molecule has 1 fully saturated rings. The largest absolute Gasteiger partial charge is 0.465 e. The second kappa shape index (κ2) is 17.4. The summed E-state index contributed by atoms with van der Waals surface area (Å²) in [6.07, 6.45) is -5.62. The van der Waals surface area contributed by atoms with E-state index < -0.39 is 77.9 Å². The highest BCUT2D eigenvalue weighted by Gasteiger charge is 2.56. The minimum Gasteiger partial charge on any atom is -0.465 e. The molecule has 2 heterocycles. The zero-order valence-electron chi connectivity index (χ0n) is 26.2. The van der Waals surface area contributed by atoms with Gasteiger partial charge in [-0.2, -0.15) is 0 Å². The van der Waals surface area contributed by atoms with Crippen molar-refractivity contribution in [2.75, 3.05) is 19.7 Å². The van der Waals surface area contributed by atoms with Crippen LogP contribution < -0.4 is 27.6 Å². The van der Waals surface area contributed by atoms with Gasteiger partial charge in [-0.3, -0.25) is 38.3 Å². The number of H-pyrrole nitrogens is 1. The highest BCUT2D eigenvalue weighted by molar-refractivity contribution is 5.81. The van der Waals surface area contributed by atoms with Gasteiger partial charge in [-0.1, -0.05) is 13.8 Å². The first-order valence-electron chi connectivity index (χ1n) is 14.6. The highest BCUT2D eigenvalue weighted by atomic mass is 16.7. The lowest BCUT2D eigenvalue weighted by Gasteiger charge is -2.32. The molecule has 1 aliphatic rings. The number of carbonyl (C=O) groups is 5. The molecule has 7 atom stereocenters. The molecule has 1 aliphatic heterocycles. The van der Waals surface area contributed by atoms with Crippen LogP contribution in [0.15, 0.2) is 21.9 Å². The Balaban J connectivity index is 2.44. The molecule has 0 saturated carbocycles. The standard InChI is InChI=1S/C28H43N5O12/c1-7-41-27(39)20(30-10-8-11-31-25(38)18(29)13-14(2)3)21(42-15(4)34)22-23(43-16(5)35)24(44-17(6)36)26(45-22)33-12-9-19(37)32-28(33)40/h9,12,14,18,20-24,26,30H,7-8,10-11,13,29H2,1-6H3,(H,31,38)(H,32,37,40)/t18-,20?,21?,22+,23+,24+,26+/m0/s1. The van der Waals surface area contributed by atoms with Crippen LogP contribution in [0.1, 0.15) is 60.6 Å². The van der Waals surface area contributed by atoms with Crippen LogP contribution in [0.4, 0.5) is 0 Å². The van der Waals surface area contributed by atoms with Crippen molar-refractivity contribution < 1.29 is 47.7 Å². The minimum atomic E-state index is -1.55. The van der Waals surface area contributed by atoms with Gasteiger partial charge in [-0.15, -0.1) is 0 Å². The normalized spacial score (nSPS) is 21.3. The first-order chi connectivity index (χ1) is 21.2. The second-order valence-corrected chi connectivity index (χ2v) is 10.8. The van der Waals surface area contributed by atoms with Crippen LogP contribution in [0, 0.1) is 5.92 Å². The van der Waals surface area contributed by atoms with Gasteiger partial charge in [0.2, 0.25) is 5.91 Å². The molecule has 1 saturated heterocycles. The van der Waals surface area contributed by atoms with E-state index in [0.29, 0.717) is 12.8 Å². The molecule has 45 heavy (non-hydrogen) atoms. The van der Waals surface area contributed by atoms with Gasteiger partial charge in [0.05, 0.1) is 12.6 Å². The topological polar surface area (TPSA) is 236 Å². The van der Waals surface area contributed by atoms with Gasteiger partial charge in [0.1, 0.15) is 12.1 Å². The highest BCUT2D eigenvalue weighted by Crippen LogP contribution is 2.36. The molecule has 0 aromatic carbocycles. The summed E-state index contributed by atoms with van der Waals surface area (Å²) in [4.78, 5) is 88.5. The predicted octanol–water partition coefficient (Wildman–Crippen LogP) is -1.37. The average Bonchev–Trinajstić information content (AvgIpc) is 3.25. The van der Waals surface area contributed by atoms with Crippen molar-refractivity contribution in [3.05, 3.63) is 33.1 Å². The SMILES string of the molecule is CCOC(=O)C(NCCCNC(=O)[C@@H](N)CC(C)C)C(OC(C)=O)[C@H]1O[C@@H](n2ccc(=O)[nH]c2=O)[C@H](OC(C)=O)[C@@H]1OC(C)=O. The number of hydrogen-bond donors (Lipinski definition) is 4. The van der Waals surface area contributed by atoms with Crippen molar-refractivity contribution in [2.45, 2.75) is 97.1 Å². The lowest BCUT2D eigenvalue weighted by atomic mass is 9.98. The molecule has 0 bridgehead atoms. The Bertz CT molecular complexity index is 1310. The van der Waals surface area contributed by atoms with E-state index >= 15 is 0 Å². The zero-order valence-corrected chi connectivity index (χ0v) is 26.2. The van der Waals surface area contributed by atoms with Gasteiger partial charge in [0.15, 0.2) is 24.5 Å². The second-order valence-electron chi connectivity index (χ2n) is 10.8. The summed E-state index contributed by atoms with van der Waals surface area (Å²) in [5.41, 5.74) is 4.26. The van der Waals surface area contributed by atoms with E-state index in [2.05, 4.69) is 15.6 Å².